The van der Waals surface area contributed by atoms with Gasteiger partial charge in [0.15, 0.2) is 0 Å². The molecule has 5 nitrogen and oxygen atoms in total. The maximum absolute atomic E-state index is 13.3. The second-order valence-electron chi connectivity index (χ2n) is 10.2. The minimum absolute atomic E-state index is 0.0173. The van der Waals surface area contributed by atoms with E-state index in [0.717, 1.165) is 22.1 Å². The van der Waals surface area contributed by atoms with Crippen LogP contribution in [0.25, 0.3) is 10.8 Å². The molecule has 0 aliphatic rings. The van der Waals surface area contributed by atoms with Crippen LogP contribution in [0.4, 0.5) is 0 Å². The molecule has 3 aromatic carbocycles. The average Bonchev–Trinajstić information content (AvgIpc) is 2.86. The van der Waals surface area contributed by atoms with Gasteiger partial charge < -0.3 is 14.2 Å². The van der Waals surface area contributed by atoms with E-state index in [1.807, 2.05) is 45.0 Å². The molecule has 0 heterocycles. The number of rotatable bonds is 11. The minimum Gasteiger partial charge on any atom is -0.497 e. The number of hydrogen-bond donors (Lipinski definition) is 0. The van der Waals surface area contributed by atoms with E-state index in [-0.39, 0.29) is 30.3 Å². The van der Waals surface area contributed by atoms with Gasteiger partial charge in [0, 0.05) is 5.92 Å². The van der Waals surface area contributed by atoms with Gasteiger partial charge in [-0.15, -0.1) is 0 Å². The van der Waals surface area contributed by atoms with Gasteiger partial charge in [0.1, 0.15) is 11.9 Å². The van der Waals surface area contributed by atoms with E-state index in [4.69, 9.17) is 14.2 Å². The molecule has 0 spiro atoms. The zero-order valence-electron chi connectivity index (χ0n) is 22.2. The maximum atomic E-state index is 13.3. The molecule has 3 rings (SSSR count). The minimum atomic E-state index is -0.559. The lowest BCUT2D eigenvalue weighted by Gasteiger charge is -2.30. The van der Waals surface area contributed by atoms with Crippen LogP contribution in [-0.4, -0.2) is 31.8 Å². The molecule has 0 N–H and O–H groups in total. The standard InChI is InChI=1S/C31H38O5/c1-20(2)16-28(36-30(32)23-10-8-7-9-11-23)29(21(3)4)31(33)35-19-22(5)24-12-13-26-18-27(34-6)15-14-25(26)17-24/h7-15,17-18,20-22,28-29H,16,19H2,1-6H3. The lowest BCUT2D eigenvalue weighted by Crippen LogP contribution is -2.38. The number of carbonyl (C=O) groups excluding carboxylic acids is 2. The normalized spacial score (nSPS) is 13.9. The molecule has 0 aliphatic carbocycles. The van der Waals surface area contributed by atoms with E-state index in [0.29, 0.717) is 12.0 Å². The Morgan fingerprint density at radius 1 is 0.833 bits per heavy atom. The van der Waals surface area contributed by atoms with Crippen LogP contribution < -0.4 is 4.74 Å². The Morgan fingerprint density at radius 2 is 1.50 bits per heavy atom. The molecule has 3 aromatic rings. The van der Waals surface area contributed by atoms with Gasteiger partial charge in [-0.2, -0.15) is 0 Å². The Labute approximate surface area is 214 Å². The molecule has 0 aromatic heterocycles. The van der Waals surface area contributed by atoms with Crippen LogP contribution in [0, 0.1) is 17.8 Å². The number of benzene rings is 3. The van der Waals surface area contributed by atoms with Crippen molar-refractivity contribution < 1.29 is 23.8 Å². The molecular weight excluding hydrogens is 452 g/mol. The number of hydrogen-bond acceptors (Lipinski definition) is 5. The van der Waals surface area contributed by atoms with Crippen LogP contribution in [0.3, 0.4) is 0 Å². The van der Waals surface area contributed by atoms with Crippen LogP contribution in [0.2, 0.25) is 0 Å². The quantitative estimate of drug-likeness (QED) is 0.270. The van der Waals surface area contributed by atoms with Crippen molar-refractivity contribution >= 4 is 22.7 Å². The third kappa shape index (κ3) is 7.09. The second-order valence-corrected chi connectivity index (χ2v) is 10.2. The molecule has 0 saturated heterocycles. The maximum Gasteiger partial charge on any atom is 0.338 e. The predicted octanol–water partition coefficient (Wildman–Crippen LogP) is 7.04. The van der Waals surface area contributed by atoms with Crippen molar-refractivity contribution in [3.63, 3.8) is 0 Å². The Balaban J connectivity index is 1.71. The monoisotopic (exact) mass is 490 g/mol. The van der Waals surface area contributed by atoms with Crippen molar-refractivity contribution in [3.05, 3.63) is 77.9 Å². The lowest BCUT2D eigenvalue weighted by molar-refractivity contribution is -0.156. The van der Waals surface area contributed by atoms with Crippen LogP contribution in [-0.2, 0) is 14.3 Å². The van der Waals surface area contributed by atoms with Crippen molar-refractivity contribution in [2.24, 2.45) is 17.8 Å². The van der Waals surface area contributed by atoms with Gasteiger partial charge in [-0.05, 0) is 58.9 Å². The molecule has 5 heteroatoms. The van der Waals surface area contributed by atoms with Gasteiger partial charge in [-0.25, -0.2) is 4.79 Å². The van der Waals surface area contributed by atoms with Crippen LogP contribution in [0.1, 0.15) is 62.9 Å². The highest BCUT2D eigenvalue weighted by Gasteiger charge is 2.36. The summed E-state index contributed by atoms with van der Waals surface area (Å²) >= 11 is 0. The van der Waals surface area contributed by atoms with Gasteiger partial charge in [-0.3, -0.25) is 4.79 Å². The van der Waals surface area contributed by atoms with Crippen LogP contribution in [0.5, 0.6) is 5.75 Å². The first-order valence-electron chi connectivity index (χ1n) is 12.7. The van der Waals surface area contributed by atoms with Gasteiger partial charge in [0.25, 0.3) is 0 Å². The summed E-state index contributed by atoms with van der Waals surface area (Å²) in [5.74, 6) is -0.241. The molecule has 3 atom stereocenters. The molecule has 36 heavy (non-hydrogen) atoms. The summed E-state index contributed by atoms with van der Waals surface area (Å²) in [6, 6.07) is 21.1. The predicted molar refractivity (Wildman–Crippen MR) is 143 cm³/mol. The summed E-state index contributed by atoms with van der Waals surface area (Å²) in [5, 5.41) is 2.20. The first-order valence-corrected chi connectivity index (χ1v) is 12.7. The third-order valence-electron chi connectivity index (χ3n) is 6.48. The number of fused-ring (bicyclic) bond motifs is 1. The summed E-state index contributed by atoms with van der Waals surface area (Å²) in [6.07, 6.45) is 0.0244. The second kappa shape index (κ2) is 12.6. The number of esters is 2. The highest BCUT2D eigenvalue weighted by Crippen LogP contribution is 2.28. The van der Waals surface area contributed by atoms with E-state index in [2.05, 4.69) is 32.0 Å². The highest BCUT2D eigenvalue weighted by molar-refractivity contribution is 5.89. The molecule has 0 fully saturated rings. The molecule has 0 bridgehead atoms. The summed E-state index contributed by atoms with van der Waals surface area (Å²) in [5.41, 5.74) is 1.57. The van der Waals surface area contributed by atoms with Gasteiger partial charge in [-0.1, -0.05) is 77.1 Å². The van der Waals surface area contributed by atoms with Crippen molar-refractivity contribution in [1.29, 1.82) is 0 Å². The zero-order chi connectivity index (χ0) is 26.2. The van der Waals surface area contributed by atoms with Gasteiger partial charge >= 0.3 is 11.9 Å². The van der Waals surface area contributed by atoms with Gasteiger partial charge in [0.05, 0.1) is 25.2 Å². The molecule has 3 unspecified atom stereocenters. The third-order valence-corrected chi connectivity index (χ3v) is 6.48. The molecule has 0 radical (unpaired) electrons. The van der Waals surface area contributed by atoms with E-state index >= 15 is 0 Å². The topological polar surface area (TPSA) is 61.8 Å². The van der Waals surface area contributed by atoms with E-state index in [1.165, 1.54) is 0 Å². The fourth-order valence-corrected chi connectivity index (χ4v) is 4.44. The van der Waals surface area contributed by atoms with Crippen molar-refractivity contribution in [2.45, 2.75) is 53.1 Å². The zero-order valence-corrected chi connectivity index (χ0v) is 22.2. The Hall–Kier alpha value is -3.34. The van der Waals surface area contributed by atoms with E-state index in [9.17, 15) is 9.59 Å². The number of methoxy groups -OCH3 is 1. The average molecular weight is 491 g/mol. The lowest BCUT2D eigenvalue weighted by atomic mass is 9.85. The van der Waals surface area contributed by atoms with Crippen molar-refractivity contribution in [1.82, 2.24) is 0 Å². The number of ether oxygens (including phenoxy) is 3. The van der Waals surface area contributed by atoms with E-state index < -0.39 is 18.0 Å². The number of carbonyl (C=O) groups is 2. The van der Waals surface area contributed by atoms with E-state index in [1.54, 1.807) is 31.4 Å². The Morgan fingerprint density at radius 3 is 2.14 bits per heavy atom. The summed E-state index contributed by atoms with van der Waals surface area (Å²) in [4.78, 5) is 26.1. The molecule has 192 valence electrons. The summed E-state index contributed by atoms with van der Waals surface area (Å²) < 4.78 is 17.0. The largest absolute Gasteiger partial charge is 0.497 e. The SMILES string of the molecule is COc1ccc2cc(C(C)COC(=O)C(C(C)C)C(CC(C)C)OC(=O)c3ccccc3)ccc2c1. The smallest absolute Gasteiger partial charge is 0.338 e. The van der Waals surface area contributed by atoms with Crippen LogP contribution in [0.15, 0.2) is 66.7 Å². The first-order chi connectivity index (χ1) is 17.2. The van der Waals surface area contributed by atoms with Gasteiger partial charge in [0.2, 0.25) is 0 Å². The Bertz CT molecular complexity index is 1150. The fraction of sp³-hybridized carbons (Fsp3) is 0.419. The van der Waals surface area contributed by atoms with Crippen molar-refractivity contribution in [3.8, 4) is 5.75 Å². The molecular formula is C31H38O5. The summed E-state index contributed by atoms with van der Waals surface area (Å²) in [6.45, 7) is 10.4. The Kier molecular flexibility index (Phi) is 9.51. The molecule has 0 aliphatic heterocycles. The fourth-order valence-electron chi connectivity index (χ4n) is 4.44. The highest BCUT2D eigenvalue weighted by atomic mass is 16.6. The molecule has 0 amide bonds. The first kappa shape index (κ1) is 27.3. The van der Waals surface area contributed by atoms with Crippen molar-refractivity contribution in [2.75, 3.05) is 13.7 Å². The molecule has 0 saturated carbocycles. The summed E-state index contributed by atoms with van der Waals surface area (Å²) in [7, 11) is 1.66. The van der Waals surface area contributed by atoms with Crippen LogP contribution >= 0.6 is 0 Å².